The predicted molar refractivity (Wildman–Crippen MR) is 87.2 cm³/mol. The van der Waals surface area contributed by atoms with Crippen molar-refractivity contribution in [3.63, 3.8) is 0 Å². The number of piperidine rings is 1. The maximum atomic E-state index is 9.27. The highest BCUT2D eigenvalue weighted by Crippen LogP contribution is 2.32. The second kappa shape index (κ2) is 5.75. The van der Waals surface area contributed by atoms with E-state index in [2.05, 4.69) is 30.0 Å². The van der Waals surface area contributed by atoms with Crippen molar-refractivity contribution < 1.29 is 0 Å². The summed E-state index contributed by atoms with van der Waals surface area (Å²) in [7, 11) is 0. The molecular formula is C18H21N3. The third-order valence-electron chi connectivity index (χ3n) is 4.68. The molecule has 0 radical (unpaired) electrons. The van der Waals surface area contributed by atoms with E-state index in [0.717, 1.165) is 36.9 Å². The first-order chi connectivity index (χ1) is 10.2. The molecule has 1 saturated heterocycles. The zero-order valence-corrected chi connectivity index (χ0v) is 12.4. The van der Waals surface area contributed by atoms with Gasteiger partial charge in [-0.05, 0) is 24.5 Å². The summed E-state index contributed by atoms with van der Waals surface area (Å²) in [5, 5.41) is 11.5. The van der Waals surface area contributed by atoms with Gasteiger partial charge in [0.1, 0.15) is 0 Å². The Morgan fingerprint density at radius 2 is 2.00 bits per heavy atom. The van der Waals surface area contributed by atoms with E-state index in [1.165, 1.54) is 11.1 Å². The van der Waals surface area contributed by atoms with E-state index in [-0.39, 0.29) is 0 Å². The summed E-state index contributed by atoms with van der Waals surface area (Å²) in [6.45, 7) is 4.21. The molecule has 0 bridgehead atoms. The van der Waals surface area contributed by atoms with Crippen LogP contribution in [-0.4, -0.2) is 19.1 Å². The molecule has 2 unspecified atom stereocenters. The maximum Gasteiger partial charge on any atom is 0.0998 e. The molecule has 3 heteroatoms. The number of benzene rings is 2. The average Bonchev–Trinajstić information content (AvgIpc) is 2.54. The lowest BCUT2D eigenvalue weighted by Gasteiger charge is -2.38. The zero-order chi connectivity index (χ0) is 14.8. The van der Waals surface area contributed by atoms with E-state index >= 15 is 0 Å². The molecule has 1 fully saturated rings. The largest absolute Gasteiger partial charge is 0.371 e. The Bertz CT molecular complexity index is 686. The Kier molecular flexibility index (Phi) is 3.81. The highest BCUT2D eigenvalue weighted by molar-refractivity contribution is 5.97. The lowest BCUT2D eigenvalue weighted by Crippen LogP contribution is -2.47. The van der Waals surface area contributed by atoms with Crippen LogP contribution < -0.4 is 10.6 Å². The first-order valence-corrected chi connectivity index (χ1v) is 7.67. The molecule has 2 atom stereocenters. The van der Waals surface area contributed by atoms with Crippen molar-refractivity contribution in [2.45, 2.75) is 25.8 Å². The third-order valence-corrected chi connectivity index (χ3v) is 4.68. The quantitative estimate of drug-likeness (QED) is 0.918. The van der Waals surface area contributed by atoms with Gasteiger partial charge in [0, 0.05) is 35.6 Å². The van der Waals surface area contributed by atoms with Crippen molar-refractivity contribution in [3.8, 4) is 6.07 Å². The van der Waals surface area contributed by atoms with Crippen molar-refractivity contribution in [2.75, 3.05) is 18.0 Å². The van der Waals surface area contributed by atoms with Crippen LogP contribution in [0, 0.1) is 17.2 Å². The first kappa shape index (κ1) is 13.9. The minimum atomic E-state index is 0.316. The molecule has 0 aliphatic carbocycles. The highest BCUT2D eigenvalue weighted by atomic mass is 15.1. The lowest BCUT2D eigenvalue weighted by molar-refractivity contribution is 0.348. The van der Waals surface area contributed by atoms with Crippen LogP contribution in [-0.2, 0) is 0 Å². The van der Waals surface area contributed by atoms with E-state index < -0.39 is 0 Å². The minimum Gasteiger partial charge on any atom is -0.371 e. The van der Waals surface area contributed by atoms with Crippen molar-refractivity contribution >= 4 is 16.5 Å². The smallest absolute Gasteiger partial charge is 0.0998 e. The fourth-order valence-electron chi connectivity index (χ4n) is 3.36. The van der Waals surface area contributed by atoms with E-state index in [1.54, 1.807) is 0 Å². The number of hydrogen-bond donors (Lipinski definition) is 1. The molecule has 1 aliphatic heterocycles. The van der Waals surface area contributed by atoms with Crippen LogP contribution in [0.3, 0.4) is 0 Å². The molecule has 0 aromatic heterocycles. The number of rotatable bonds is 2. The molecule has 2 N–H and O–H groups in total. The van der Waals surface area contributed by atoms with E-state index in [4.69, 9.17) is 5.73 Å². The summed E-state index contributed by atoms with van der Waals surface area (Å²) in [4.78, 5) is 2.43. The molecule has 21 heavy (non-hydrogen) atoms. The van der Waals surface area contributed by atoms with Crippen LogP contribution in [0.15, 0.2) is 36.4 Å². The molecule has 0 saturated carbocycles. The summed E-state index contributed by atoms with van der Waals surface area (Å²) in [5.74, 6) is 0.549. The highest BCUT2D eigenvalue weighted by Gasteiger charge is 2.26. The van der Waals surface area contributed by atoms with Gasteiger partial charge in [-0.2, -0.15) is 5.26 Å². The van der Waals surface area contributed by atoms with Crippen LogP contribution in [0.5, 0.6) is 0 Å². The van der Waals surface area contributed by atoms with Gasteiger partial charge in [-0.15, -0.1) is 0 Å². The standard InChI is InChI=1S/C18H21N3/c1-2-13-12-21(10-9-17(13)20)18-8-7-14(11-19)15-5-3-4-6-16(15)18/h3-8,13,17H,2,9-10,12,20H2,1H3. The van der Waals surface area contributed by atoms with Gasteiger partial charge in [-0.25, -0.2) is 0 Å². The van der Waals surface area contributed by atoms with Crippen molar-refractivity contribution in [1.29, 1.82) is 5.26 Å². The van der Waals surface area contributed by atoms with Gasteiger partial charge in [0.15, 0.2) is 0 Å². The number of nitrogens with zero attached hydrogens (tertiary/aromatic N) is 2. The summed E-state index contributed by atoms with van der Waals surface area (Å²) < 4.78 is 0. The molecule has 1 heterocycles. The molecule has 3 rings (SSSR count). The van der Waals surface area contributed by atoms with Crippen LogP contribution >= 0.6 is 0 Å². The number of anilines is 1. The Morgan fingerprint density at radius 3 is 2.71 bits per heavy atom. The van der Waals surface area contributed by atoms with Gasteiger partial charge in [0.25, 0.3) is 0 Å². The first-order valence-electron chi connectivity index (χ1n) is 7.67. The van der Waals surface area contributed by atoms with Crippen LogP contribution in [0.2, 0.25) is 0 Å². The van der Waals surface area contributed by atoms with Crippen molar-refractivity contribution in [2.24, 2.45) is 11.7 Å². The van der Waals surface area contributed by atoms with Gasteiger partial charge >= 0.3 is 0 Å². The number of nitrogens with two attached hydrogens (primary N) is 1. The fraction of sp³-hybridized carbons (Fsp3) is 0.389. The molecule has 1 aliphatic rings. The average molecular weight is 279 g/mol. The monoisotopic (exact) mass is 279 g/mol. The second-order valence-electron chi connectivity index (χ2n) is 5.86. The normalized spacial score (nSPS) is 22.2. The fourth-order valence-corrected chi connectivity index (χ4v) is 3.36. The van der Waals surface area contributed by atoms with Crippen LogP contribution in [0.4, 0.5) is 5.69 Å². The lowest BCUT2D eigenvalue weighted by atomic mass is 9.90. The summed E-state index contributed by atoms with van der Waals surface area (Å²) in [6.07, 6.45) is 2.15. The topological polar surface area (TPSA) is 53.0 Å². The molecule has 2 aromatic carbocycles. The van der Waals surface area contributed by atoms with Crippen LogP contribution in [0.25, 0.3) is 10.8 Å². The van der Waals surface area contributed by atoms with E-state index in [0.29, 0.717) is 12.0 Å². The Hall–Kier alpha value is -2.05. The Morgan fingerprint density at radius 1 is 1.24 bits per heavy atom. The molecule has 108 valence electrons. The maximum absolute atomic E-state index is 9.27. The number of hydrogen-bond acceptors (Lipinski definition) is 3. The van der Waals surface area contributed by atoms with Gasteiger partial charge in [0.05, 0.1) is 11.6 Å². The van der Waals surface area contributed by atoms with Gasteiger partial charge in [-0.3, -0.25) is 0 Å². The number of nitriles is 1. The summed E-state index contributed by atoms with van der Waals surface area (Å²) in [5.41, 5.74) is 8.20. The molecule has 0 amide bonds. The SMILES string of the molecule is CCC1CN(c2ccc(C#N)c3ccccc23)CCC1N. The summed E-state index contributed by atoms with van der Waals surface area (Å²) >= 11 is 0. The third kappa shape index (κ3) is 2.48. The Labute approximate surface area is 126 Å². The zero-order valence-electron chi connectivity index (χ0n) is 12.4. The molecule has 2 aromatic rings. The second-order valence-corrected chi connectivity index (χ2v) is 5.86. The van der Waals surface area contributed by atoms with Crippen molar-refractivity contribution in [3.05, 3.63) is 42.0 Å². The van der Waals surface area contributed by atoms with Gasteiger partial charge in [-0.1, -0.05) is 37.6 Å². The van der Waals surface area contributed by atoms with Crippen LogP contribution in [0.1, 0.15) is 25.3 Å². The minimum absolute atomic E-state index is 0.316. The number of fused-ring (bicyclic) bond motifs is 1. The predicted octanol–water partition coefficient (Wildman–Crippen LogP) is 3.28. The van der Waals surface area contributed by atoms with Gasteiger partial charge in [0.2, 0.25) is 0 Å². The molecule has 0 spiro atoms. The summed E-state index contributed by atoms with van der Waals surface area (Å²) in [6, 6.07) is 14.8. The van der Waals surface area contributed by atoms with Crippen molar-refractivity contribution in [1.82, 2.24) is 0 Å². The molecule has 3 nitrogen and oxygen atoms in total. The molecular weight excluding hydrogens is 258 g/mol. The van der Waals surface area contributed by atoms with Gasteiger partial charge < -0.3 is 10.6 Å². The van der Waals surface area contributed by atoms with E-state index in [1.807, 2.05) is 24.3 Å². The van der Waals surface area contributed by atoms with E-state index in [9.17, 15) is 5.26 Å². The Balaban J connectivity index is 2.04.